The number of nitrogens with zero attached hydrogens (tertiary/aromatic N) is 2. The molecule has 150 valence electrons. The average molecular weight is 408 g/mol. The highest BCUT2D eigenvalue weighted by molar-refractivity contribution is 7.71. The van der Waals surface area contributed by atoms with Crippen LogP contribution in [0.4, 0.5) is 5.69 Å². The van der Waals surface area contributed by atoms with Gasteiger partial charge in [-0.3, -0.25) is 4.79 Å². The molecule has 2 aliphatic rings. The first-order chi connectivity index (χ1) is 14.1. The summed E-state index contributed by atoms with van der Waals surface area (Å²) in [4.78, 5) is 23.8. The van der Waals surface area contributed by atoms with E-state index in [1.54, 1.807) is 0 Å². The fourth-order valence-electron chi connectivity index (χ4n) is 4.70. The zero-order valence-corrected chi connectivity index (χ0v) is 17.1. The summed E-state index contributed by atoms with van der Waals surface area (Å²) in [5.41, 5.74) is 4.12. The molecule has 0 aliphatic carbocycles. The van der Waals surface area contributed by atoms with Crippen LogP contribution in [0.3, 0.4) is 0 Å². The number of anilines is 1. The zero-order valence-electron chi connectivity index (χ0n) is 16.3. The summed E-state index contributed by atoms with van der Waals surface area (Å²) in [6.45, 7) is 3.47. The summed E-state index contributed by atoms with van der Waals surface area (Å²) in [7, 11) is 0. The largest absolute Gasteiger partial charge is 0.339 e. The Hall–Kier alpha value is -2.64. The number of aromatic nitrogens is 2. The van der Waals surface area contributed by atoms with E-state index in [1.165, 1.54) is 5.56 Å². The van der Waals surface area contributed by atoms with E-state index in [1.807, 2.05) is 18.2 Å². The monoisotopic (exact) mass is 407 g/mol. The smallest absolute Gasteiger partial charge is 0.247 e. The number of likely N-dealkylation sites (tertiary alicyclic amines) is 1. The Morgan fingerprint density at radius 2 is 1.76 bits per heavy atom. The summed E-state index contributed by atoms with van der Waals surface area (Å²) >= 11 is 5.17. The number of H-pyrrole nitrogens is 2. The van der Waals surface area contributed by atoms with Crippen molar-refractivity contribution in [3.8, 4) is 0 Å². The van der Waals surface area contributed by atoms with Gasteiger partial charge in [-0.25, -0.2) is 0 Å². The van der Waals surface area contributed by atoms with Gasteiger partial charge in [0.15, 0.2) is 4.77 Å². The molecule has 1 amide bonds. The quantitative estimate of drug-likeness (QED) is 0.581. The fraction of sp³-hybridized carbons (Fsp3) is 0.364. The van der Waals surface area contributed by atoms with Gasteiger partial charge in [0.2, 0.25) is 5.91 Å². The maximum absolute atomic E-state index is 12.8. The third kappa shape index (κ3) is 3.34. The van der Waals surface area contributed by atoms with Crippen LogP contribution in [-0.4, -0.2) is 52.6 Å². The van der Waals surface area contributed by atoms with E-state index in [4.69, 9.17) is 12.2 Å². The maximum atomic E-state index is 12.8. The van der Waals surface area contributed by atoms with E-state index in [0.29, 0.717) is 11.4 Å². The number of nitrogens with one attached hydrogen (secondary N) is 3. The van der Waals surface area contributed by atoms with Gasteiger partial charge >= 0.3 is 0 Å². The van der Waals surface area contributed by atoms with Crippen molar-refractivity contribution < 1.29 is 4.79 Å². The molecule has 6 nitrogen and oxygen atoms in total. The van der Waals surface area contributed by atoms with Crippen molar-refractivity contribution in [1.29, 1.82) is 0 Å². The number of imidazole rings is 1. The second-order valence-electron chi connectivity index (χ2n) is 8.01. The van der Waals surface area contributed by atoms with E-state index in [-0.39, 0.29) is 5.91 Å². The lowest BCUT2D eigenvalue weighted by molar-refractivity contribution is -0.125. The predicted molar refractivity (Wildman–Crippen MR) is 118 cm³/mol. The lowest BCUT2D eigenvalue weighted by Gasteiger charge is -2.43. The summed E-state index contributed by atoms with van der Waals surface area (Å²) in [6, 6.07) is 16.7. The molecule has 2 fully saturated rings. The Balaban J connectivity index is 1.24. The topological polar surface area (TPSA) is 67.2 Å². The van der Waals surface area contributed by atoms with Crippen LogP contribution in [0.15, 0.2) is 48.5 Å². The highest BCUT2D eigenvalue weighted by Gasteiger charge is 2.50. The van der Waals surface area contributed by atoms with Gasteiger partial charge in [0.1, 0.15) is 5.54 Å². The van der Waals surface area contributed by atoms with Crippen LogP contribution in [-0.2, 0) is 11.2 Å². The number of aromatic amines is 2. The molecule has 7 heteroatoms. The van der Waals surface area contributed by atoms with Crippen LogP contribution in [0.5, 0.6) is 0 Å². The Morgan fingerprint density at radius 1 is 1.00 bits per heavy atom. The highest BCUT2D eigenvalue weighted by Crippen LogP contribution is 2.36. The molecule has 3 N–H and O–H groups in total. The van der Waals surface area contributed by atoms with Crippen molar-refractivity contribution in [2.45, 2.75) is 24.8 Å². The van der Waals surface area contributed by atoms with Gasteiger partial charge < -0.3 is 25.1 Å². The predicted octanol–water partition coefficient (Wildman–Crippen LogP) is 3.20. The number of hydrogen-bond acceptors (Lipinski definition) is 4. The number of piperidine rings is 1. The highest BCUT2D eigenvalue weighted by atomic mass is 32.1. The molecule has 0 unspecified atom stereocenters. The Labute approximate surface area is 174 Å². The lowest BCUT2D eigenvalue weighted by Crippen LogP contribution is -2.56. The Bertz CT molecular complexity index is 1080. The molecule has 3 heterocycles. The molecule has 2 saturated heterocycles. The van der Waals surface area contributed by atoms with Crippen molar-refractivity contribution in [3.63, 3.8) is 0 Å². The van der Waals surface area contributed by atoms with Gasteiger partial charge in [-0.2, -0.15) is 0 Å². The number of para-hydroxylation sites is 1. The number of amides is 1. The fourth-order valence-corrected chi connectivity index (χ4v) is 4.92. The van der Waals surface area contributed by atoms with Crippen LogP contribution < -0.4 is 10.2 Å². The molecular weight excluding hydrogens is 382 g/mol. The van der Waals surface area contributed by atoms with Crippen LogP contribution in [0.1, 0.15) is 18.4 Å². The van der Waals surface area contributed by atoms with Crippen LogP contribution >= 0.6 is 12.2 Å². The van der Waals surface area contributed by atoms with Crippen molar-refractivity contribution in [1.82, 2.24) is 20.2 Å². The SMILES string of the molecule is O=C1NCN(c2ccccc2)C12CCN(CCc1ccc3[nH]c(=S)[nH]c3c1)CC2. The first-order valence-electron chi connectivity index (χ1n) is 10.2. The Morgan fingerprint density at radius 3 is 2.55 bits per heavy atom. The number of fused-ring (bicyclic) bond motifs is 1. The third-order valence-corrected chi connectivity index (χ3v) is 6.59. The molecule has 29 heavy (non-hydrogen) atoms. The molecule has 5 rings (SSSR count). The number of benzene rings is 2. The molecule has 1 spiro atoms. The van der Waals surface area contributed by atoms with E-state index >= 15 is 0 Å². The third-order valence-electron chi connectivity index (χ3n) is 6.39. The average Bonchev–Trinajstić information content (AvgIpc) is 3.27. The zero-order chi connectivity index (χ0) is 19.8. The second-order valence-corrected chi connectivity index (χ2v) is 8.42. The van der Waals surface area contributed by atoms with Gasteiger partial charge in [0.05, 0.1) is 17.7 Å². The van der Waals surface area contributed by atoms with Gasteiger partial charge in [-0.1, -0.05) is 24.3 Å². The van der Waals surface area contributed by atoms with Gasteiger partial charge in [-0.15, -0.1) is 0 Å². The van der Waals surface area contributed by atoms with Crippen molar-refractivity contribution in [2.75, 3.05) is 31.2 Å². The minimum absolute atomic E-state index is 0.175. The van der Waals surface area contributed by atoms with Crippen LogP contribution in [0, 0.1) is 4.77 Å². The molecule has 1 aromatic heterocycles. The van der Waals surface area contributed by atoms with E-state index in [0.717, 1.165) is 55.6 Å². The summed E-state index contributed by atoms with van der Waals surface area (Å²) in [5, 5.41) is 3.07. The molecule has 3 aromatic rings. The number of carbonyl (C=O) groups is 1. The molecule has 0 atom stereocenters. The number of carbonyl (C=O) groups excluding carboxylic acids is 1. The van der Waals surface area contributed by atoms with E-state index in [9.17, 15) is 4.79 Å². The van der Waals surface area contributed by atoms with Gasteiger partial charge in [-0.05, 0) is 61.3 Å². The number of hydrogen-bond donors (Lipinski definition) is 3. The van der Waals surface area contributed by atoms with Crippen molar-refractivity contribution in [2.24, 2.45) is 0 Å². The summed E-state index contributed by atoms with van der Waals surface area (Å²) in [6.07, 6.45) is 2.71. The van der Waals surface area contributed by atoms with Crippen LogP contribution in [0.2, 0.25) is 0 Å². The molecule has 0 bridgehead atoms. The van der Waals surface area contributed by atoms with Crippen LogP contribution in [0.25, 0.3) is 11.0 Å². The normalized spacial score (nSPS) is 19.2. The summed E-state index contributed by atoms with van der Waals surface area (Å²) < 4.78 is 0.663. The maximum Gasteiger partial charge on any atom is 0.247 e. The lowest BCUT2D eigenvalue weighted by atomic mass is 9.85. The van der Waals surface area contributed by atoms with Crippen molar-refractivity contribution in [3.05, 3.63) is 58.9 Å². The molecule has 2 aromatic carbocycles. The summed E-state index contributed by atoms with van der Waals surface area (Å²) in [5.74, 6) is 0.175. The van der Waals surface area contributed by atoms with E-state index < -0.39 is 5.54 Å². The molecule has 2 aliphatic heterocycles. The first-order valence-corrected chi connectivity index (χ1v) is 10.6. The van der Waals surface area contributed by atoms with Gasteiger partial charge in [0, 0.05) is 25.3 Å². The molecule has 0 saturated carbocycles. The minimum Gasteiger partial charge on any atom is -0.339 e. The van der Waals surface area contributed by atoms with Gasteiger partial charge in [0.25, 0.3) is 0 Å². The molecule has 0 radical (unpaired) electrons. The van der Waals surface area contributed by atoms with Crippen molar-refractivity contribution >= 4 is 34.8 Å². The standard InChI is InChI=1S/C22H25N5OS/c28-20-22(27(15-23-20)17-4-2-1-3-5-17)9-12-26(13-10-22)11-8-16-6-7-18-19(14-16)25-21(29)24-18/h1-7,14H,8-13,15H2,(H,23,28)(H2,24,25,29). The minimum atomic E-state index is -0.406. The Kier molecular flexibility index (Phi) is 4.64. The second kappa shape index (κ2) is 7.31. The van der Waals surface area contributed by atoms with E-state index in [2.05, 4.69) is 55.4 Å². The first kappa shape index (κ1) is 18.4. The molecular formula is C22H25N5OS. The number of rotatable bonds is 4.